The third kappa shape index (κ3) is 3.15. The van der Waals surface area contributed by atoms with Crippen LogP contribution >= 0.6 is 0 Å². The summed E-state index contributed by atoms with van der Waals surface area (Å²) >= 11 is 0. The third-order valence-corrected chi connectivity index (χ3v) is 4.41. The van der Waals surface area contributed by atoms with Crippen LogP contribution < -0.4 is 15.8 Å². The Morgan fingerprint density at radius 1 is 1.42 bits per heavy atom. The summed E-state index contributed by atoms with van der Waals surface area (Å²) in [6.07, 6.45) is 0.754. The zero-order valence-electron chi connectivity index (χ0n) is 10.1. The highest BCUT2D eigenvalue weighted by Crippen LogP contribution is 2.23. The normalized spacial score (nSPS) is 20.0. The fourth-order valence-electron chi connectivity index (χ4n) is 1.82. The number of nitrogens with one attached hydrogen (secondary N) is 2. The number of nitrogens with two attached hydrogens (primary N) is 1. The van der Waals surface area contributed by atoms with Gasteiger partial charge in [-0.05, 0) is 24.6 Å². The summed E-state index contributed by atoms with van der Waals surface area (Å²) in [7, 11) is -3.71. The topological polar surface area (TPSA) is 122 Å². The summed E-state index contributed by atoms with van der Waals surface area (Å²) in [6, 6.07) is 3.36. The molecule has 8 heteroatoms. The molecule has 19 heavy (non-hydrogen) atoms. The van der Waals surface area contributed by atoms with Crippen LogP contribution in [0.4, 0.5) is 5.69 Å². The number of nitrogen functional groups attached to an aromatic ring is 1. The van der Waals surface area contributed by atoms with Crippen LogP contribution in [0.5, 0.6) is 5.75 Å². The van der Waals surface area contributed by atoms with Gasteiger partial charge in [0.1, 0.15) is 5.75 Å². The van der Waals surface area contributed by atoms with E-state index in [1.54, 1.807) is 0 Å². The first-order chi connectivity index (χ1) is 8.88. The highest BCUT2D eigenvalue weighted by atomic mass is 32.2. The first-order valence-electron chi connectivity index (χ1n) is 5.76. The molecule has 2 rings (SSSR count). The molecule has 0 radical (unpaired) electrons. The lowest BCUT2D eigenvalue weighted by Crippen LogP contribution is -2.47. The van der Waals surface area contributed by atoms with Crippen molar-refractivity contribution >= 4 is 21.6 Å². The highest BCUT2D eigenvalue weighted by Gasteiger charge is 2.24. The van der Waals surface area contributed by atoms with Gasteiger partial charge in [-0.25, -0.2) is 13.1 Å². The van der Waals surface area contributed by atoms with Gasteiger partial charge in [-0.2, -0.15) is 0 Å². The molecule has 1 aromatic rings. The molecule has 0 aliphatic carbocycles. The molecule has 1 unspecified atom stereocenters. The SMILES string of the molecule is Nc1cc(S(=O)(=O)NC2CCC(=O)NC2)ccc1O. The summed E-state index contributed by atoms with van der Waals surface area (Å²) in [6.45, 7) is 0.269. The largest absolute Gasteiger partial charge is 0.506 e. The number of amides is 1. The number of rotatable bonds is 3. The molecule has 0 bridgehead atoms. The molecule has 1 heterocycles. The second kappa shape index (κ2) is 5.06. The van der Waals surface area contributed by atoms with Gasteiger partial charge in [0.2, 0.25) is 15.9 Å². The molecule has 0 saturated carbocycles. The molecule has 0 spiro atoms. The van der Waals surface area contributed by atoms with E-state index >= 15 is 0 Å². The van der Waals surface area contributed by atoms with Crippen LogP contribution in [0.3, 0.4) is 0 Å². The Hall–Kier alpha value is -1.80. The predicted octanol–water partition coefficient (Wildman–Crippen LogP) is -0.469. The van der Waals surface area contributed by atoms with E-state index in [1.807, 2.05) is 0 Å². The average molecular weight is 285 g/mol. The molecule has 1 atom stereocenters. The van der Waals surface area contributed by atoms with Gasteiger partial charge in [-0.15, -0.1) is 0 Å². The van der Waals surface area contributed by atoms with Crippen LogP contribution in [0.15, 0.2) is 23.1 Å². The number of carbonyl (C=O) groups is 1. The Bertz CT molecular complexity index is 590. The number of anilines is 1. The Labute approximate surface area is 110 Å². The molecule has 5 N–H and O–H groups in total. The van der Waals surface area contributed by atoms with Crippen LogP contribution in [0.1, 0.15) is 12.8 Å². The summed E-state index contributed by atoms with van der Waals surface area (Å²) in [5.74, 6) is -0.242. The van der Waals surface area contributed by atoms with E-state index in [0.717, 1.165) is 0 Å². The van der Waals surface area contributed by atoms with Crippen LogP contribution in [-0.2, 0) is 14.8 Å². The van der Waals surface area contributed by atoms with Crippen molar-refractivity contribution < 1.29 is 18.3 Å². The smallest absolute Gasteiger partial charge is 0.240 e. The van der Waals surface area contributed by atoms with Gasteiger partial charge in [-0.3, -0.25) is 4.79 Å². The number of carbonyl (C=O) groups excluding carboxylic acids is 1. The first-order valence-corrected chi connectivity index (χ1v) is 7.24. The van der Waals surface area contributed by atoms with E-state index in [9.17, 15) is 18.3 Å². The second-order valence-corrected chi connectivity index (χ2v) is 6.10. The van der Waals surface area contributed by atoms with Gasteiger partial charge in [0.05, 0.1) is 10.6 Å². The maximum atomic E-state index is 12.1. The lowest BCUT2D eigenvalue weighted by molar-refractivity contribution is -0.122. The molecular formula is C11H15N3O4S. The Kier molecular flexibility index (Phi) is 3.63. The molecular weight excluding hydrogens is 270 g/mol. The van der Waals surface area contributed by atoms with Crippen molar-refractivity contribution in [2.45, 2.75) is 23.8 Å². The number of hydrogen-bond donors (Lipinski definition) is 4. The van der Waals surface area contributed by atoms with E-state index in [1.165, 1.54) is 18.2 Å². The van der Waals surface area contributed by atoms with Crippen molar-refractivity contribution in [3.05, 3.63) is 18.2 Å². The quantitative estimate of drug-likeness (QED) is 0.442. The van der Waals surface area contributed by atoms with E-state index in [-0.39, 0.29) is 34.8 Å². The summed E-state index contributed by atoms with van der Waals surface area (Å²) in [5.41, 5.74) is 5.47. The monoisotopic (exact) mass is 285 g/mol. The van der Waals surface area contributed by atoms with E-state index in [0.29, 0.717) is 12.8 Å². The third-order valence-electron chi connectivity index (χ3n) is 2.90. The van der Waals surface area contributed by atoms with E-state index < -0.39 is 10.0 Å². The standard InChI is InChI=1S/C11H15N3O4S/c12-9-5-8(2-3-10(9)15)19(17,18)14-7-1-4-11(16)13-6-7/h2-3,5,7,14-15H,1,4,6,12H2,(H,13,16). The Balaban J connectivity index is 2.13. The first kappa shape index (κ1) is 13.6. The summed E-state index contributed by atoms with van der Waals surface area (Å²) < 4.78 is 26.7. The maximum absolute atomic E-state index is 12.1. The van der Waals surface area contributed by atoms with E-state index in [2.05, 4.69) is 10.0 Å². The minimum atomic E-state index is -3.71. The molecule has 1 aromatic carbocycles. The Morgan fingerprint density at radius 2 is 2.16 bits per heavy atom. The molecule has 7 nitrogen and oxygen atoms in total. The molecule has 1 aliphatic rings. The number of sulfonamides is 1. The molecule has 1 aliphatic heterocycles. The van der Waals surface area contributed by atoms with E-state index in [4.69, 9.17) is 5.73 Å². The van der Waals surface area contributed by atoms with Crippen LogP contribution in [0.2, 0.25) is 0 Å². The maximum Gasteiger partial charge on any atom is 0.240 e. The lowest BCUT2D eigenvalue weighted by Gasteiger charge is -2.23. The van der Waals surface area contributed by atoms with Gasteiger partial charge in [0.25, 0.3) is 0 Å². The molecule has 1 fully saturated rings. The average Bonchev–Trinajstić information content (AvgIpc) is 2.35. The molecule has 1 amide bonds. The van der Waals surface area contributed by atoms with Crippen molar-refractivity contribution in [2.24, 2.45) is 0 Å². The zero-order valence-corrected chi connectivity index (χ0v) is 10.9. The number of phenols is 1. The van der Waals surface area contributed by atoms with Crippen molar-refractivity contribution in [3.63, 3.8) is 0 Å². The number of aromatic hydroxyl groups is 1. The fraction of sp³-hybridized carbons (Fsp3) is 0.364. The lowest BCUT2D eigenvalue weighted by atomic mass is 10.1. The molecule has 104 valence electrons. The van der Waals surface area contributed by atoms with Gasteiger partial charge < -0.3 is 16.2 Å². The number of piperidine rings is 1. The second-order valence-electron chi connectivity index (χ2n) is 4.38. The zero-order chi connectivity index (χ0) is 14.0. The predicted molar refractivity (Wildman–Crippen MR) is 68.9 cm³/mol. The number of hydrogen-bond acceptors (Lipinski definition) is 5. The highest BCUT2D eigenvalue weighted by molar-refractivity contribution is 7.89. The molecule has 1 saturated heterocycles. The summed E-state index contributed by atoms with van der Waals surface area (Å²) in [5, 5.41) is 11.9. The van der Waals surface area contributed by atoms with Crippen LogP contribution in [-0.4, -0.2) is 32.0 Å². The van der Waals surface area contributed by atoms with Crippen molar-refractivity contribution in [2.75, 3.05) is 12.3 Å². The van der Waals surface area contributed by atoms with Crippen molar-refractivity contribution in [1.29, 1.82) is 0 Å². The van der Waals surface area contributed by atoms with Crippen molar-refractivity contribution in [3.8, 4) is 5.75 Å². The summed E-state index contributed by atoms with van der Waals surface area (Å²) in [4.78, 5) is 11.0. The Morgan fingerprint density at radius 3 is 2.74 bits per heavy atom. The van der Waals surface area contributed by atoms with Gasteiger partial charge in [-0.1, -0.05) is 0 Å². The number of phenolic OH excluding ortho intramolecular Hbond substituents is 1. The van der Waals surface area contributed by atoms with Crippen molar-refractivity contribution in [1.82, 2.24) is 10.0 Å². The minimum Gasteiger partial charge on any atom is -0.506 e. The van der Waals surface area contributed by atoms with Gasteiger partial charge >= 0.3 is 0 Å². The molecule has 0 aromatic heterocycles. The van der Waals surface area contributed by atoms with Gasteiger partial charge in [0, 0.05) is 19.0 Å². The fourth-order valence-corrected chi connectivity index (χ4v) is 3.13. The van der Waals surface area contributed by atoms with Crippen LogP contribution in [0, 0.1) is 0 Å². The van der Waals surface area contributed by atoms with Gasteiger partial charge in [0.15, 0.2) is 0 Å². The van der Waals surface area contributed by atoms with Crippen LogP contribution in [0.25, 0.3) is 0 Å². The minimum absolute atomic E-state index is 0.000165. The number of benzene rings is 1.